The molecule has 2 aliphatic rings. The van der Waals surface area contributed by atoms with Crippen LogP contribution >= 0.6 is 27.5 Å². The van der Waals surface area contributed by atoms with Gasteiger partial charge in [-0.15, -0.1) is 5.10 Å². The highest BCUT2D eigenvalue weighted by atomic mass is 79.9. The number of halogens is 2. The van der Waals surface area contributed by atoms with Gasteiger partial charge in [-0.05, 0) is 55.5 Å². The number of fused-ring (bicyclic) bond motifs is 1. The van der Waals surface area contributed by atoms with Gasteiger partial charge in [0, 0.05) is 34.1 Å². The van der Waals surface area contributed by atoms with Crippen LogP contribution in [0, 0.1) is 0 Å². The third-order valence-electron chi connectivity index (χ3n) is 6.30. The first-order chi connectivity index (χ1) is 18.9. The van der Waals surface area contributed by atoms with Crippen LogP contribution < -0.4 is 5.32 Å². The summed E-state index contributed by atoms with van der Waals surface area (Å²) in [4.78, 5) is 28.7. The molecule has 13 heteroatoms. The molecule has 3 heterocycles. The number of hydrogen-bond acceptors (Lipinski definition) is 7. The van der Waals surface area contributed by atoms with E-state index in [0.29, 0.717) is 18.1 Å². The number of hydrogen-bond donors (Lipinski definition) is 3. The molecule has 1 aliphatic heterocycles. The fourth-order valence-corrected chi connectivity index (χ4v) is 5.67. The molecule has 11 nitrogen and oxygen atoms in total. The number of benzene rings is 1. The number of aromatic amines is 1. The van der Waals surface area contributed by atoms with Gasteiger partial charge in [-0.2, -0.15) is 0 Å². The lowest BCUT2D eigenvalue weighted by atomic mass is 9.97. The van der Waals surface area contributed by atoms with Crippen molar-refractivity contribution in [3.8, 4) is 33.6 Å². The molecule has 0 spiro atoms. The van der Waals surface area contributed by atoms with E-state index in [1.807, 2.05) is 37.3 Å². The number of tetrazole rings is 1. The third kappa shape index (κ3) is 5.17. The number of aryl methyl sites for hydroxylation is 1. The van der Waals surface area contributed by atoms with Gasteiger partial charge in [0.05, 0.1) is 25.5 Å². The van der Waals surface area contributed by atoms with Crippen molar-refractivity contribution in [3.63, 3.8) is 0 Å². The number of amides is 1. The number of H-pyrrole nitrogens is 1. The van der Waals surface area contributed by atoms with Crippen molar-refractivity contribution in [2.45, 2.75) is 32.7 Å². The zero-order chi connectivity index (χ0) is 27.5. The number of carbonyl (C=O) groups is 2. The summed E-state index contributed by atoms with van der Waals surface area (Å²) in [6, 6.07) is 9.61. The summed E-state index contributed by atoms with van der Waals surface area (Å²) in [5.74, 6) is -0.342. The Morgan fingerprint density at radius 2 is 1.97 bits per heavy atom. The first-order valence-electron chi connectivity index (χ1n) is 12.1. The number of carbonyl (C=O) groups excluding carboxylic acids is 1. The summed E-state index contributed by atoms with van der Waals surface area (Å²) in [7, 11) is 0. The molecule has 0 unspecified atom stereocenters. The highest BCUT2D eigenvalue weighted by molar-refractivity contribution is 9.10. The molecular formula is C26H23BrClN7O4. The smallest absolute Gasteiger partial charge is 0.305 e. The Hall–Kier alpha value is -4.03. The van der Waals surface area contributed by atoms with Crippen LogP contribution in [0.1, 0.15) is 41.6 Å². The Morgan fingerprint density at radius 3 is 2.69 bits per heavy atom. The van der Waals surface area contributed by atoms with Gasteiger partial charge in [0.25, 0.3) is 5.91 Å². The molecule has 0 bridgehead atoms. The minimum atomic E-state index is -1.01. The molecule has 0 saturated heterocycles. The molecule has 39 heavy (non-hydrogen) atoms. The summed E-state index contributed by atoms with van der Waals surface area (Å²) >= 11 is 10.3. The maximum atomic E-state index is 13.2. The van der Waals surface area contributed by atoms with Crippen molar-refractivity contribution in [1.82, 2.24) is 35.5 Å². The number of rotatable bonds is 10. The Kier molecular flexibility index (Phi) is 7.75. The van der Waals surface area contributed by atoms with Gasteiger partial charge in [0.1, 0.15) is 11.5 Å². The molecule has 1 aromatic carbocycles. The van der Waals surface area contributed by atoms with Crippen molar-refractivity contribution in [3.05, 3.63) is 69.6 Å². The monoisotopic (exact) mass is 611 g/mol. The molecule has 0 saturated carbocycles. The van der Waals surface area contributed by atoms with E-state index in [4.69, 9.17) is 21.1 Å². The molecule has 1 aliphatic carbocycles. The molecule has 0 atom stereocenters. The average molecular weight is 613 g/mol. The second-order valence-electron chi connectivity index (χ2n) is 8.75. The molecule has 2 aromatic heterocycles. The van der Waals surface area contributed by atoms with E-state index < -0.39 is 11.9 Å². The summed E-state index contributed by atoms with van der Waals surface area (Å²) in [6.07, 6.45) is 4.43. The van der Waals surface area contributed by atoms with E-state index in [1.165, 1.54) is 0 Å². The van der Waals surface area contributed by atoms with Gasteiger partial charge in [0.15, 0.2) is 11.0 Å². The van der Waals surface area contributed by atoms with Crippen LogP contribution in [0.15, 0.2) is 51.7 Å². The van der Waals surface area contributed by atoms with Crippen molar-refractivity contribution >= 4 is 39.4 Å². The summed E-state index contributed by atoms with van der Waals surface area (Å²) < 4.78 is 8.11. The number of carboxylic acid groups (broad SMARTS) is 1. The minimum absolute atomic E-state index is 0.0327. The Bertz CT molecular complexity index is 1610. The van der Waals surface area contributed by atoms with Crippen LogP contribution in [-0.2, 0) is 17.8 Å². The SMILES string of the molecule is CCCc1nc(Cl)c(C(=O)NCCC(=O)O)n1Cc1c2ccocc-2c(Br)c1-c1ccccc1-c1nnn[nH]1. The minimum Gasteiger partial charge on any atom is -0.481 e. The van der Waals surface area contributed by atoms with Gasteiger partial charge < -0.3 is 19.4 Å². The maximum absolute atomic E-state index is 13.2. The zero-order valence-corrected chi connectivity index (χ0v) is 23.1. The Morgan fingerprint density at radius 1 is 1.18 bits per heavy atom. The number of imidazole rings is 1. The number of nitrogens with one attached hydrogen (secondary N) is 2. The fraction of sp³-hybridized carbons (Fsp3) is 0.231. The second kappa shape index (κ2) is 11.4. The molecule has 1 amide bonds. The third-order valence-corrected chi connectivity index (χ3v) is 7.39. The Balaban J connectivity index is 1.68. The largest absolute Gasteiger partial charge is 0.481 e. The standard InChI is InChI=1S/C26H23BrClN7O4/c1-2-5-19-30-24(28)23(26(38)29-10-8-20(36)37)35(19)12-17-14-9-11-39-13-18(14)22(27)21(17)15-6-3-4-7-16(15)25-31-33-34-32-25/h3-4,6-7,9,11,13H,2,5,8,10,12H2,1H3,(H,29,38)(H,36,37)(H,31,32,33,34). The summed E-state index contributed by atoms with van der Waals surface area (Å²) in [6.45, 7) is 2.25. The average Bonchev–Trinajstić information content (AvgIpc) is 3.63. The van der Waals surface area contributed by atoms with Crippen LogP contribution in [0.5, 0.6) is 0 Å². The molecule has 3 N–H and O–H groups in total. The van der Waals surface area contributed by atoms with Crippen LogP contribution in [0.4, 0.5) is 0 Å². The lowest BCUT2D eigenvalue weighted by Crippen LogP contribution is -2.29. The zero-order valence-electron chi connectivity index (χ0n) is 20.7. The quantitative estimate of drug-likeness (QED) is 0.198. The van der Waals surface area contributed by atoms with Crippen LogP contribution in [0.25, 0.3) is 33.6 Å². The predicted octanol–water partition coefficient (Wildman–Crippen LogP) is 5.05. The van der Waals surface area contributed by atoms with Gasteiger partial charge in [-0.1, -0.05) is 42.8 Å². The van der Waals surface area contributed by atoms with Gasteiger partial charge in [0.2, 0.25) is 0 Å². The van der Waals surface area contributed by atoms with E-state index in [1.54, 1.807) is 17.1 Å². The lowest BCUT2D eigenvalue weighted by Gasteiger charge is -2.15. The Labute approximate surface area is 236 Å². The number of aromatic nitrogens is 6. The van der Waals surface area contributed by atoms with E-state index >= 15 is 0 Å². The normalized spacial score (nSPS) is 11.3. The van der Waals surface area contributed by atoms with E-state index in [0.717, 1.165) is 44.3 Å². The van der Waals surface area contributed by atoms with E-state index in [-0.39, 0.29) is 30.4 Å². The highest BCUT2D eigenvalue weighted by Crippen LogP contribution is 2.48. The van der Waals surface area contributed by atoms with Crippen molar-refractivity contribution in [2.75, 3.05) is 6.54 Å². The summed E-state index contributed by atoms with van der Waals surface area (Å²) in [5.41, 5.74) is 5.38. The topological polar surface area (TPSA) is 152 Å². The number of aliphatic carboxylic acids is 1. The van der Waals surface area contributed by atoms with Crippen molar-refractivity contribution in [1.29, 1.82) is 0 Å². The van der Waals surface area contributed by atoms with Crippen molar-refractivity contribution < 1.29 is 19.1 Å². The first kappa shape index (κ1) is 26.6. The van der Waals surface area contributed by atoms with Gasteiger partial charge in [-0.25, -0.2) is 10.1 Å². The predicted molar refractivity (Wildman–Crippen MR) is 147 cm³/mol. The van der Waals surface area contributed by atoms with Crippen LogP contribution in [0.2, 0.25) is 5.15 Å². The first-order valence-corrected chi connectivity index (χ1v) is 13.3. The molecular weight excluding hydrogens is 590 g/mol. The molecule has 0 fully saturated rings. The van der Waals surface area contributed by atoms with Crippen LogP contribution in [0.3, 0.4) is 0 Å². The van der Waals surface area contributed by atoms with E-state index in [2.05, 4.69) is 46.9 Å². The molecule has 200 valence electrons. The van der Waals surface area contributed by atoms with Gasteiger partial charge >= 0.3 is 5.97 Å². The molecule has 5 rings (SSSR count). The number of carboxylic acids is 1. The number of nitrogens with zero attached hydrogens (tertiary/aromatic N) is 5. The molecule has 3 aromatic rings. The highest BCUT2D eigenvalue weighted by Gasteiger charge is 2.29. The van der Waals surface area contributed by atoms with Crippen LogP contribution in [-0.4, -0.2) is 53.7 Å². The van der Waals surface area contributed by atoms with Crippen molar-refractivity contribution in [2.24, 2.45) is 0 Å². The molecule has 0 radical (unpaired) electrons. The van der Waals surface area contributed by atoms with Gasteiger partial charge in [-0.3, -0.25) is 9.59 Å². The fourth-order valence-electron chi connectivity index (χ4n) is 4.62. The maximum Gasteiger partial charge on any atom is 0.305 e. The second-order valence-corrected chi connectivity index (χ2v) is 9.90. The lowest BCUT2D eigenvalue weighted by molar-refractivity contribution is -0.136. The van der Waals surface area contributed by atoms with E-state index in [9.17, 15) is 9.59 Å². The summed E-state index contributed by atoms with van der Waals surface area (Å²) in [5, 5.41) is 26.1.